The van der Waals surface area contributed by atoms with Gasteiger partial charge < -0.3 is 35.4 Å². The van der Waals surface area contributed by atoms with E-state index in [1.807, 2.05) is 0 Å². The minimum atomic E-state index is -2.31. The summed E-state index contributed by atoms with van der Waals surface area (Å²) in [5.41, 5.74) is 0. The SMILES string of the molecule is O=C([O-])[C@@H](O)[C@H](O)[C@@H](O)[C@@H](O)CO.[Cu+]. The van der Waals surface area contributed by atoms with Crippen LogP contribution in [0.15, 0.2) is 0 Å². The van der Waals surface area contributed by atoms with Gasteiger partial charge in [0.1, 0.15) is 24.4 Å². The van der Waals surface area contributed by atoms with E-state index < -0.39 is 37.0 Å². The third kappa shape index (κ3) is 4.34. The first-order valence-corrected chi connectivity index (χ1v) is 3.45. The maximum absolute atomic E-state index is 9.98. The number of carbonyl (C=O) groups is 1. The molecule has 0 radical (unpaired) electrons. The zero-order valence-corrected chi connectivity index (χ0v) is 7.81. The van der Waals surface area contributed by atoms with Gasteiger partial charge in [-0.05, 0) is 0 Å². The number of hydrogen-bond donors (Lipinski definition) is 5. The van der Waals surface area contributed by atoms with E-state index in [-0.39, 0.29) is 17.1 Å². The Morgan fingerprint density at radius 1 is 1.14 bits per heavy atom. The van der Waals surface area contributed by atoms with Crippen molar-refractivity contribution in [3.63, 3.8) is 0 Å². The molecule has 0 aromatic heterocycles. The van der Waals surface area contributed by atoms with Gasteiger partial charge in [-0.15, -0.1) is 0 Å². The fourth-order valence-corrected chi connectivity index (χ4v) is 0.662. The molecule has 0 unspecified atom stereocenters. The Labute approximate surface area is 90.1 Å². The van der Waals surface area contributed by atoms with E-state index in [0.717, 1.165) is 0 Å². The van der Waals surface area contributed by atoms with Crippen LogP contribution >= 0.6 is 0 Å². The molecule has 0 rings (SSSR count). The second kappa shape index (κ2) is 7.13. The molecule has 0 aromatic rings. The summed E-state index contributed by atoms with van der Waals surface area (Å²) >= 11 is 0. The number of aliphatic hydroxyl groups is 5. The summed E-state index contributed by atoms with van der Waals surface area (Å²) in [7, 11) is 0. The predicted octanol–water partition coefficient (Wildman–Crippen LogP) is -4.83. The molecule has 0 amide bonds. The number of carboxylic acids is 1. The Morgan fingerprint density at radius 3 is 1.86 bits per heavy atom. The van der Waals surface area contributed by atoms with Gasteiger partial charge in [-0.3, -0.25) is 0 Å². The second-order valence-electron chi connectivity index (χ2n) is 2.49. The van der Waals surface area contributed by atoms with Crippen molar-refractivity contribution >= 4 is 5.97 Å². The number of rotatable bonds is 5. The molecule has 0 saturated carbocycles. The molecule has 0 aliphatic carbocycles. The largest absolute Gasteiger partial charge is 1.00 e. The van der Waals surface area contributed by atoms with Crippen molar-refractivity contribution in [2.24, 2.45) is 0 Å². The molecule has 14 heavy (non-hydrogen) atoms. The summed E-state index contributed by atoms with van der Waals surface area (Å²) in [5, 5.41) is 53.4. The van der Waals surface area contributed by atoms with Crippen LogP contribution < -0.4 is 5.11 Å². The molecule has 0 saturated heterocycles. The number of hydrogen-bond acceptors (Lipinski definition) is 7. The summed E-state index contributed by atoms with van der Waals surface area (Å²) in [5.74, 6) is -1.98. The van der Waals surface area contributed by atoms with Crippen LogP contribution in [0.4, 0.5) is 0 Å². The van der Waals surface area contributed by atoms with Crippen LogP contribution in [0.1, 0.15) is 0 Å². The van der Waals surface area contributed by atoms with Crippen LogP contribution in [-0.4, -0.2) is 62.5 Å². The molecule has 0 bridgehead atoms. The van der Waals surface area contributed by atoms with Crippen LogP contribution in [0.5, 0.6) is 0 Å². The molecular formula is C6H11CuO7. The van der Waals surface area contributed by atoms with E-state index in [4.69, 9.17) is 25.5 Å². The third-order valence-electron chi connectivity index (χ3n) is 1.50. The van der Waals surface area contributed by atoms with Crippen LogP contribution in [0.3, 0.4) is 0 Å². The topological polar surface area (TPSA) is 141 Å². The first-order valence-electron chi connectivity index (χ1n) is 3.45. The van der Waals surface area contributed by atoms with E-state index in [2.05, 4.69) is 0 Å². The summed E-state index contributed by atoms with van der Waals surface area (Å²) in [6, 6.07) is 0. The van der Waals surface area contributed by atoms with Crippen molar-refractivity contribution in [2.45, 2.75) is 24.4 Å². The average molecular weight is 259 g/mol. The Kier molecular flexibility index (Phi) is 8.27. The Morgan fingerprint density at radius 2 is 1.57 bits per heavy atom. The minimum absolute atomic E-state index is 0. The van der Waals surface area contributed by atoms with Gasteiger partial charge in [-0.2, -0.15) is 0 Å². The number of carboxylic acid groups (broad SMARTS) is 1. The Balaban J connectivity index is 0. The Hall–Kier alpha value is -0.211. The molecule has 88 valence electrons. The average Bonchev–Trinajstić information content (AvgIpc) is 2.12. The monoisotopic (exact) mass is 258 g/mol. The van der Waals surface area contributed by atoms with E-state index in [0.29, 0.717) is 0 Å². The van der Waals surface area contributed by atoms with Crippen LogP contribution in [-0.2, 0) is 21.9 Å². The standard InChI is InChI=1S/C6H12O7.Cu/c7-1-2(8)3(9)4(10)5(11)6(12)13;/h2-5,7-11H,1H2,(H,12,13);/q;+1/p-1/t2-,3-,4+,5-;/m0./s1. The number of aliphatic hydroxyl groups excluding tert-OH is 5. The van der Waals surface area contributed by atoms with E-state index in [1.165, 1.54) is 0 Å². The van der Waals surface area contributed by atoms with Gasteiger partial charge in [0.05, 0.1) is 12.6 Å². The van der Waals surface area contributed by atoms with Crippen molar-refractivity contribution in [3.8, 4) is 0 Å². The third-order valence-corrected chi connectivity index (χ3v) is 1.50. The molecule has 0 aliphatic heterocycles. The molecule has 7 nitrogen and oxygen atoms in total. The maximum atomic E-state index is 9.98. The van der Waals surface area contributed by atoms with Gasteiger partial charge in [0, 0.05) is 0 Å². The maximum Gasteiger partial charge on any atom is 1.00 e. The zero-order chi connectivity index (χ0) is 10.6. The van der Waals surface area contributed by atoms with Crippen LogP contribution in [0.25, 0.3) is 0 Å². The van der Waals surface area contributed by atoms with Crippen LogP contribution in [0.2, 0.25) is 0 Å². The summed E-state index contributed by atoms with van der Waals surface area (Å²) < 4.78 is 0. The van der Waals surface area contributed by atoms with Gasteiger partial charge in [-0.1, -0.05) is 0 Å². The smallest absolute Gasteiger partial charge is 0.547 e. The van der Waals surface area contributed by atoms with E-state index in [1.54, 1.807) is 0 Å². The number of carbonyl (C=O) groups excluding carboxylic acids is 1. The summed E-state index contributed by atoms with van der Waals surface area (Å²) in [6.45, 7) is -0.863. The molecule has 0 aromatic carbocycles. The van der Waals surface area contributed by atoms with E-state index in [9.17, 15) is 9.90 Å². The van der Waals surface area contributed by atoms with Gasteiger partial charge in [-0.25, -0.2) is 0 Å². The fraction of sp³-hybridized carbons (Fsp3) is 0.833. The first-order chi connectivity index (χ1) is 5.91. The van der Waals surface area contributed by atoms with Gasteiger partial charge in [0.15, 0.2) is 0 Å². The van der Waals surface area contributed by atoms with Gasteiger partial charge in [0.2, 0.25) is 0 Å². The molecule has 0 heterocycles. The van der Waals surface area contributed by atoms with Crippen molar-refractivity contribution in [2.75, 3.05) is 6.61 Å². The molecule has 0 aliphatic rings. The normalized spacial score (nSPS) is 18.9. The number of aliphatic carboxylic acids is 1. The molecule has 0 spiro atoms. The quantitative estimate of drug-likeness (QED) is 0.312. The van der Waals surface area contributed by atoms with Crippen molar-refractivity contribution < 1.29 is 52.5 Å². The Bertz CT molecular complexity index is 176. The van der Waals surface area contributed by atoms with Crippen molar-refractivity contribution in [3.05, 3.63) is 0 Å². The van der Waals surface area contributed by atoms with Crippen molar-refractivity contribution in [1.82, 2.24) is 0 Å². The summed E-state index contributed by atoms with van der Waals surface area (Å²) in [6.07, 6.45) is -8.08. The van der Waals surface area contributed by atoms with Crippen molar-refractivity contribution in [1.29, 1.82) is 0 Å². The van der Waals surface area contributed by atoms with E-state index >= 15 is 0 Å². The molecule has 5 N–H and O–H groups in total. The molecule has 4 atom stereocenters. The molecule has 0 fully saturated rings. The van der Waals surface area contributed by atoms with Gasteiger partial charge in [0.25, 0.3) is 0 Å². The zero-order valence-electron chi connectivity index (χ0n) is 6.87. The van der Waals surface area contributed by atoms with Crippen LogP contribution in [0, 0.1) is 0 Å². The first kappa shape index (κ1) is 16.2. The predicted molar refractivity (Wildman–Crippen MR) is 36.1 cm³/mol. The molecular weight excluding hydrogens is 248 g/mol. The second-order valence-corrected chi connectivity index (χ2v) is 2.49. The fourth-order valence-electron chi connectivity index (χ4n) is 0.662. The summed E-state index contributed by atoms with van der Waals surface area (Å²) in [4.78, 5) is 9.98. The molecule has 8 heteroatoms. The van der Waals surface area contributed by atoms with Gasteiger partial charge >= 0.3 is 17.1 Å². The minimum Gasteiger partial charge on any atom is -0.547 e.